The van der Waals surface area contributed by atoms with Crippen molar-refractivity contribution in [1.82, 2.24) is 5.32 Å². The van der Waals surface area contributed by atoms with Gasteiger partial charge in [0, 0.05) is 28.1 Å². The van der Waals surface area contributed by atoms with E-state index in [0.717, 1.165) is 39.5 Å². The van der Waals surface area contributed by atoms with Crippen LogP contribution in [0.25, 0.3) is 10.8 Å². The molecule has 4 rings (SSSR count). The monoisotopic (exact) mass is 415 g/mol. The molecule has 0 bridgehead atoms. The second-order valence-electron chi connectivity index (χ2n) is 7.12. The van der Waals surface area contributed by atoms with Crippen molar-refractivity contribution in [2.75, 3.05) is 25.4 Å². The number of amides is 1. The van der Waals surface area contributed by atoms with Gasteiger partial charge in [-0.25, -0.2) is 0 Å². The van der Waals surface area contributed by atoms with Gasteiger partial charge in [0.05, 0.1) is 31.7 Å². The predicted molar refractivity (Wildman–Crippen MR) is 114 cm³/mol. The standard InChI is InChI=1S/C22H23ClN2O2S/c23-17-8-3-6-16-7-4-10-20(22(16)17)28-15-21(26)24-14-18(19-9-5-13-27-19)25-11-1-2-12-25/h3-10,13,18H,1-2,11-12,14-15H2,(H,24,26)/p+1/t18-/m0/s1. The first-order valence-corrected chi connectivity index (χ1v) is 11.0. The first kappa shape index (κ1) is 19.4. The molecule has 1 aliphatic rings. The van der Waals surface area contributed by atoms with Crippen molar-refractivity contribution in [3.8, 4) is 0 Å². The Labute approximate surface area is 174 Å². The zero-order valence-corrected chi connectivity index (χ0v) is 17.2. The number of halogens is 1. The Hall–Kier alpha value is -1.95. The van der Waals surface area contributed by atoms with Gasteiger partial charge in [-0.1, -0.05) is 35.9 Å². The fraction of sp³-hybridized carbons (Fsp3) is 0.318. The van der Waals surface area contributed by atoms with E-state index in [1.54, 1.807) is 6.26 Å². The smallest absolute Gasteiger partial charge is 0.230 e. The molecule has 1 amide bonds. The average Bonchev–Trinajstić information content (AvgIpc) is 3.41. The molecule has 3 aromatic rings. The van der Waals surface area contributed by atoms with E-state index in [9.17, 15) is 4.79 Å². The van der Waals surface area contributed by atoms with Gasteiger partial charge in [-0.2, -0.15) is 0 Å². The topological polar surface area (TPSA) is 46.7 Å². The van der Waals surface area contributed by atoms with Gasteiger partial charge in [0.15, 0.2) is 11.8 Å². The third-order valence-corrected chi connectivity index (χ3v) is 6.68. The van der Waals surface area contributed by atoms with Crippen LogP contribution in [-0.2, 0) is 4.79 Å². The van der Waals surface area contributed by atoms with Crippen LogP contribution in [0.15, 0.2) is 64.1 Å². The predicted octanol–water partition coefficient (Wildman–Crippen LogP) is 3.71. The highest BCUT2D eigenvalue weighted by Gasteiger charge is 2.29. The Morgan fingerprint density at radius 1 is 1.14 bits per heavy atom. The SMILES string of the molecule is O=C(CSc1cccc2cccc(Cl)c12)NC[C@@H](c1ccco1)[NH+]1CCCC1. The molecule has 0 aliphatic carbocycles. The number of likely N-dealkylation sites (tertiary alicyclic amines) is 1. The Balaban J connectivity index is 1.38. The van der Waals surface area contributed by atoms with E-state index in [1.165, 1.54) is 29.5 Å². The molecule has 0 spiro atoms. The summed E-state index contributed by atoms with van der Waals surface area (Å²) < 4.78 is 5.64. The van der Waals surface area contributed by atoms with Crippen LogP contribution in [0.4, 0.5) is 0 Å². The molecule has 28 heavy (non-hydrogen) atoms. The van der Waals surface area contributed by atoms with E-state index < -0.39 is 0 Å². The van der Waals surface area contributed by atoms with Gasteiger partial charge in [0.2, 0.25) is 5.91 Å². The van der Waals surface area contributed by atoms with Gasteiger partial charge in [-0.15, -0.1) is 11.8 Å². The van der Waals surface area contributed by atoms with Crippen molar-refractivity contribution >= 4 is 40.0 Å². The lowest BCUT2D eigenvalue weighted by molar-refractivity contribution is -0.919. The normalized spacial score (nSPS) is 15.8. The van der Waals surface area contributed by atoms with E-state index in [2.05, 4.69) is 5.32 Å². The molecule has 0 radical (unpaired) electrons. The molecule has 0 saturated carbocycles. The lowest BCUT2D eigenvalue weighted by Gasteiger charge is -2.23. The Morgan fingerprint density at radius 3 is 2.68 bits per heavy atom. The number of hydrogen-bond acceptors (Lipinski definition) is 3. The van der Waals surface area contributed by atoms with Gasteiger partial charge in [-0.05, 0) is 29.7 Å². The van der Waals surface area contributed by atoms with E-state index in [-0.39, 0.29) is 11.9 Å². The molecule has 0 unspecified atom stereocenters. The number of carbonyl (C=O) groups excluding carboxylic acids is 1. The van der Waals surface area contributed by atoms with Gasteiger partial charge >= 0.3 is 0 Å². The molecule has 2 heterocycles. The van der Waals surface area contributed by atoms with Crippen molar-refractivity contribution in [3.63, 3.8) is 0 Å². The third kappa shape index (κ3) is 4.37. The number of thioether (sulfide) groups is 1. The maximum Gasteiger partial charge on any atom is 0.230 e. The van der Waals surface area contributed by atoms with Gasteiger partial charge < -0.3 is 14.6 Å². The molecular formula is C22H24ClN2O2S+. The van der Waals surface area contributed by atoms with Crippen molar-refractivity contribution < 1.29 is 14.1 Å². The second-order valence-corrected chi connectivity index (χ2v) is 8.54. The number of benzene rings is 2. The average molecular weight is 416 g/mol. The van der Waals surface area contributed by atoms with Crippen LogP contribution in [0.5, 0.6) is 0 Å². The molecular weight excluding hydrogens is 392 g/mol. The lowest BCUT2D eigenvalue weighted by Crippen LogP contribution is -3.11. The van der Waals surface area contributed by atoms with Crippen LogP contribution in [-0.4, -0.2) is 31.3 Å². The summed E-state index contributed by atoms with van der Waals surface area (Å²) in [5.41, 5.74) is 0. The second kappa shape index (κ2) is 9.03. The lowest BCUT2D eigenvalue weighted by atomic mass is 10.1. The fourth-order valence-electron chi connectivity index (χ4n) is 3.91. The number of furan rings is 1. The maximum atomic E-state index is 12.5. The van der Waals surface area contributed by atoms with Crippen LogP contribution >= 0.6 is 23.4 Å². The number of carbonyl (C=O) groups is 1. The van der Waals surface area contributed by atoms with E-state index in [4.69, 9.17) is 16.0 Å². The first-order chi connectivity index (χ1) is 13.7. The third-order valence-electron chi connectivity index (χ3n) is 5.30. The summed E-state index contributed by atoms with van der Waals surface area (Å²) >= 11 is 7.91. The Morgan fingerprint density at radius 2 is 1.93 bits per heavy atom. The van der Waals surface area contributed by atoms with Crippen molar-refractivity contribution in [3.05, 3.63) is 65.6 Å². The number of nitrogens with one attached hydrogen (secondary N) is 2. The zero-order valence-electron chi connectivity index (χ0n) is 15.6. The van der Waals surface area contributed by atoms with E-state index in [1.807, 2.05) is 48.5 Å². The minimum absolute atomic E-state index is 0.0317. The largest absolute Gasteiger partial charge is 0.463 e. The summed E-state index contributed by atoms with van der Waals surface area (Å²) in [5.74, 6) is 1.35. The van der Waals surface area contributed by atoms with E-state index >= 15 is 0 Å². The molecule has 1 atom stereocenters. The molecule has 2 N–H and O–H groups in total. The van der Waals surface area contributed by atoms with Crippen molar-refractivity contribution in [2.45, 2.75) is 23.8 Å². The Kier molecular flexibility index (Phi) is 6.25. The molecule has 1 aromatic heterocycles. The van der Waals surface area contributed by atoms with E-state index in [0.29, 0.717) is 12.3 Å². The number of quaternary nitrogens is 1. The Bertz CT molecular complexity index is 934. The summed E-state index contributed by atoms with van der Waals surface area (Å²) in [6.07, 6.45) is 4.18. The van der Waals surface area contributed by atoms with Crippen LogP contribution < -0.4 is 10.2 Å². The minimum Gasteiger partial charge on any atom is -0.463 e. The van der Waals surface area contributed by atoms with Crippen LogP contribution in [0.2, 0.25) is 5.02 Å². The zero-order chi connectivity index (χ0) is 19.3. The first-order valence-electron chi connectivity index (χ1n) is 9.67. The maximum absolute atomic E-state index is 12.5. The van der Waals surface area contributed by atoms with Crippen LogP contribution in [0.3, 0.4) is 0 Å². The highest BCUT2D eigenvalue weighted by Crippen LogP contribution is 2.33. The fourth-order valence-corrected chi connectivity index (χ4v) is 5.18. The highest BCUT2D eigenvalue weighted by atomic mass is 35.5. The summed E-state index contributed by atoms with van der Waals surface area (Å²) in [5, 5.41) is 5.93. The minimum atomic E-state index is 0.0317. The molecule has 1 fully saturated rings. The number of rotatable bonds is 7. The van der Waals surface area contributed by atoms with Gasteiger partial charge in [0.1, 0.15) is 0 Å². The quantitative estimate of drug-likeness (QED) is 0.578. The van der Waals surface area contributed by atoms with Crippen molar-refractivity contribution in [2.24, 2.45) is 0 Å². The van der Waals surface area contributed by atoms with Gasteiger partial charge in [-0.3, -0.25) is 4.79 Å². The van der Waals surface area contributed by atoms with Crippen LogP contribution in [0, 0.1) is 0 Å². The summed E-state index contributed by atoms with van der Waals surface area (Å²) in [7, 11) is 0. The summed E-state index contributed by atoms with van der Waals surface area (Å²) in [6, 6.07) is 16.0. The molecule has 146 valence electrons. The molecule has 1 saturated heterocycles. The number of fused-ring (bicyclic) bond motifs is 1. The molecule has 1 aliphatic heterocycles. The molecule has 6 heteroatoms. The highest BCUT2D eigenvalue weighted by molar-refractivity contribution is 8.00. The van der Waals surface area contributed by atoms with Crippen LogP contribution in [0.1, 0.15) is 24.6 Å². The molecule has 4 nitrogen and oxygen atoms in total. The molecule has 2 aromatic carbocycles. The van der Waals surface area contributed by atoms with Crippen molar-refractivity contribution in [1.29, 1.82) is 0 Å². The summed E-state index contributed by atoms with van der Waals surface area (Å²) in [6.45, 7) is 2.85. The number of hydrogen-bond donors (Lipinski definition) is 2. The van der Waals surface area contributed by atoms with Gasteiger partial charge in [0.25, 0.3) is 0 Å². The summed E-state index contributed by atoms with van der Waals surface area (Å²) in [4.78, 5) is 15.0.